The van der Waals surface area contributed by atoms with E-state index in [1.165, 1.54) is 0 Å². The van der Waals surface area contributed by atoms with E-state index in [0.29, 0.717) is 27.9 Å². The van der Waals surface area contributed by atoms with Gasteiger partial charge in [0.25, 0.3) is 5.91 Å². The third-order valence-electron chi connectivity index (χ3n) is 2.63. The fourth-order valence-corrected chi connectivity index (χ4v) is 1.86. The van der Waals surface area contributed by atoms with E-state index < -0.39 is 0 Å². The standard InChI is InChI=1S/C13H9ClN2O3.ClH/c14-9-2-1-5-15-12(9)16-13(17)8-3-4-10-11(6-8)19-7-18-10;/h1-6H,7H2,(H,15,16,17);1H. The fraction of sp³-hybridized carbons (Fsp3) is 0.0769. The lowest BCUT2D eigenvalue weighted by Gasteiger charge is -2.06. The molecule has 0 atom stereocenters. The number of pyridine rings is 1. The number of carbonyl (C=O) groups is 1. The molecule has 0 saturated heterocycles. The van der Waals surface area contributed by atoms with Crippen LogP contribution in [0.5, 0.6) is 11.5 Å². The first kappa shape index (κ1) is 14.4. The highest BCUT2D eigenvalue weighted by Crippen LogP contribution is 2.32. The zero-order valence-electron chi connectivity index (χ0n) is 10.1. The van der Waals surface area contributed by atoms with Gasteiger partial charge in [0, 0.05) is 11.8 Å². The highest BCUT2D eigenvalue weighted by atomic mass is 35.5. The zero-order valence-corrected chi connectivity index (χ0v) is 11.7. The second-order valence-electron chi connectivity index (χ2n) is 3.86. The van der Waals surface area contributed by atoms with Crippen molar-refractivity contribution in [1.29, 1.82) is 0 Å². The van der Waals surface area contributed by atoms with Gasteiger partial charge < -0.3 is 14.8 Å². The van der Waals surface area contributed by atoms with Crippen LogP contribution < -0.4 is 14.8 Å². The molecule has 20 heavy (non-hydrogen) atoms. The lowest BCUT2D eigenvalue weighted by Crippen LogP contribution is -2.13. The predicted molar refractivity (Wildman–Crippen MR) is 77.0 cm³/mol. The largest absolute Gasteiger partial charge is 0.454 e. The van der Waals surface area contributed by atoms with Gasteiger partial charge in [-0.25, -0.2) is 4.98 Å². The van der Waals surface area contributed by atoms with Gasteiger partial charge >= 0.3 is 0 Å². The Hall–Kier alpha value is -1.98. The summed E-state index contributed by atoms with van der Waals surface area (Å²) in [4.78, 5) is 16.1. The number of rotatable bonds is 2. The van der Waals surface area contributed by atoms with Crippen LogP contribution in [0.2, 0.25) is 5.02 Å². The summed E-state index contributed by atoms with van der Waals surface area (Å²) >= 11 is 5.93. The third-order valence-corrected chi connectivity index (χ3v) is 2.93. The Morgan fingerprint density at radius 1 is 1.25 bits per heavy atom. The van der Waals surface area contributed by atoms with Crippen LogP contribution in [0.25, 0.3) is 0 Å². The van der Waals surface area contributed by atoms with Gasteiger partial charge in [0.1, 0.15) is 0 Å². The number of halogens is 2. The van der Waals surface area contributed by atoms with Crippen LogP contribution in [0.1, 0.15) is 10.4 Å². The van der Waals surface area contributed by atoms with Crippen LogP contribution in [0, 0.1) is 0 Å². The minimum absolute atomic E-state index is 0. The molecule has 7 heteroatoms. The minimum Gasteiger partial charge on any atom is -0.454 e. The van der Waals surface area contributed by atoms with E-state index in [1.807, 2.05) is 0 Å². The molecule has 2 aromatic rings. The Balaban J connectivity index is 0.00000147. The summed E-state index contributed by atoms with van der Waals surface area (Å²) in [6.07, 6.45) is 1.56. The van der Waals surface area contributed by atoms with E-state index in [0.717, 1.165) is 0 Å². The summed E-state index contributed by atoms with van der Waals surface area (Å²) in [7, 11) is 0. The van der Waals surface area contributed by atoms with Crippen molar-refractivity contribution in [3.8, 4) is 11.5 Å². The van der Waals surface area contributed by atoms with Crippen molar-refractivity contribution in [3.63, 3.8) is 0 Å². The molecular formula is C13H10Cl2N2O3. The van der Waals surface area contributed by atoms with Crippen molar-refractivity contribution in [2.45, 2.75) is 0 Å². The molecule has 1 aliphatic rings. The van der Waals surface area contributed by atoms with Gasteiger partial charge in [-0.3, -0.25) is 4.79 Å². The third kappa shape index (κ3) is 2.79. The molecule has 0 aliphatic carbocycles. The number of hydrogen-bond acceptors (Lipinski definition) is 4. The van der Waals surface area contributed by atoms with Crippen LogP contribution in [-0.4, -0.2) is 17.7 Å². The summed E-state index contributed by atoms with van der Waals surface area (Å²) in [5.74, 6) is 1.21. The first-order valence-electron chi connectivity index (χ1n) is 5.55. The Morgan fingerprint density at radius 3 is 2.85 bits per heavy atom. The van der Waals surface area contributed by atoms with Crippen LogP contribution in [-0.2, 0) is 0 Å². The van der Waals surface area contributed by atoms with Gasteiger partial charge in [0.2, 0.25) is 6.79 Å². The number of nitrogens with one attached hydrogen (secondary N) is 1. The average Bonchev–Trinajstić information content (AvgIpc) is 2.88. The smallest absolute Gasteiger partial charge is 0.256 e. The van der Waals surface area contributed by atoms with Crippen molar-refractivity contribution in [1.82, 2.24) is 4.98 Å². The van der Waals surface area contributed by atoms with Crippen LogP contribution in [0.3, 0.4) is 0 Å². The average molecular weight is 313 g/mol. The molecule has 1 N–H and O–H groups in total. The summed E-state index contributed by atoms with van der Waals surface area (Å²) in [5.41, 5.74) is 0.450. The fourth-order valence-electron chi connectivity index (χ4n) is 1.70. The second-order valence-corrected chi connectivity index (χ2v) is 4.26. The van der Waals surface area contributed by atoms with Gasteiger partial charge in [0.15, 0.2) is 17.3 Å². The normalized spacial score (nSPS) is 11.7. The minimum atomic E-state index is -0.307. The quantitative estimate of drug-likeness (QED) is 0.925. The van der Waals surface area contributed by atoms with E-state index >= 15 is 0 Å². The number of carbonyl (C=O) groups excluding carboxylic acids is 1. The number of benzene rings is 1. The summed E-state index contributed by atoms with van der Waals surface area (Å²) in [6, 6.07) is 8.31. The number of aromatic nitrogens is 1. The highest BCUT2D eigenvalue weighted by molar-refractivity contribution is 6.33. The molecule has 1 amide bonds. The maximum Gasteiger partial charge on any atom is 0.256 e. The monoisotopic (exact) mass is 312 g/mol. The van der Waals surface area contributed by atoms with E-state index in [9.17, 15) is 4.79 Å². The molecule has 2 heterocycles. The molecule has 1 aliphatic heterocycles. The van der Waals surface area contributed by atoms with E-state index in [-0.39, 0.29) is 25.1 Å². The number of nitrogens with zero attached hydrogens (tertiary/aromatic N) is 1. The van der Waals surface area contributed by atoms with Crippen LogP contribution in [0.15, 0.2) is 36.5 Å². The zero-order chi connectivity index (χ0) is 13.2. The molecule has 0 fully saturated rings. The van der Waals surface area contributed by atoms with Gasteiger partial charge in [-0.1, -0.05) is 11.6 Å². The van der Waals surface area contributed by atoms with Crippen molar-refractivity contribution in [2.75, 3.05) is 12.1 Å². The van der Waals surface area contributed by atoms with Gasteiger partial charge in [-0.2, -0.15) is 0 Å². The van der Waals surface area contributed by atoms with E-state index in [1.54, 1.807) is 36.5 Å². The lowest BCUT2D eigenvalue weighted by molar-refractivity contribution is 0.102. The number of hydrogen-bond donors (Lipinski definition) is 1. The molecule has 0 saturated carbocycles. The lowest BCUT2D eigenvalue weighted by atomic mass is 10.2. The first-order valence-corrected chi connectivity index (χ1v) is 5.93. The maximum atomic E-state index is 12.1. The Kier molecular flexibility index (Phi) is 4.32. The molecule has 0 radical (unpaired) electrons. The second kappa shape index (κ2) is 5.98. The van der Waals surface area contributed by atoms with Crippen molar-refractivity contribution in [3.05, 3.63) is 47.1 Å². The Bertz CT molecular complexity index is 649. The summed E-state index contributed by atoms with van der Waals surface area (Å²) < 4.78 is 10.4. The van der Waals surface area contributed by atoms with E-state index in [4.69, 9.17) is 21.1 Å². The van der Waals surface area contributed by atoms with Gasteiger partial charge in [0.05, 0.1) is 5.02 Å². The van der Waals surface area contributed by atoms with Crippen molar-refractivity contribution >= 4 is 35.7 Å². The van der Waals surface area contributed by atoms with Crippen molar-refractivity contribution < 1.29 is 14.3 Å². The Labute approximate surface area is 126 Å². The molecule has 0 spiro atoms. The molecule has 0 bridgehead atoms. The molecule has 1 aromatic heterocycles. The van der Waals surface area contributed by atoms with E-state index in [2.05, 4.69) is 10.3 Å². The Morgan fingerprint density at radius 2 is 2.05 bits per heavy atom. The topological polar surface area (TPSA) is 60.5 Å². The molecular weight excluding hydrogens is 303 g/mol. The summed E-state index contributed by atoms with van der Waals surface area (Å²) in [5, 5.41) is 3.03. The van der Waals surface area contributed by atoms with Crippen molar-refractivity contribution in [2.24, 2.45) is 0 Å². The highest BCUT2D eigenvalue weighted by Gasteiger charge is 2.16. The SMILES string of the molecule is Cl.O=C(Nc1ncccc1Cl)c1ccc2c(c1)OCO2. The van der Waals surface area contributed by atoms with Crippen LogP contribution >= 0.6 is 24.0 Å². The molecule has 1 aromatic carbocycles. The summed E-state index contributed by atoms with van der Waals surface area (Å²) in [6.45, 7) is 0.173. The maximum absolute atomic E-state index is 12.1. The number of amides is 1. The molecule has 3 rings (SSSR count). The number of anilines is 1. The number of ether oxygens (including phenoxy) is 2. The first-order chi connectivity index (χ1) is 9.24. The molecule has 104 valence electrons. The predicted octanol–water partition coefficient (Wildman–Crippen LogP) is 3.14. The number of fused-ring (bicyclic) bond motifs is 1. The molecule has 5 nitrogen and oxygen atoms in total. The van der Waals surface area contributed by atoms with Crippen LogP contribution in [0.4, 0.5) is 5.82 Å². The molecule has 0 unspecified atom stereocenters. The van der Waals surface area contributed by atoms with Gasteiger partial charge in [-0.05, 0) is 30.3 Å². The van der Waals surface area contributed by atoms with Gasteiger partial charge in [-0.15, -0.1) is 12.4 Å².